The molecule has 0 aliphatic heterocycles. The van der Waals surface area contributed by atoms with Crippen LogP contribution in [0.2, 0.25) is 0 Å². The van der Waals surface area contributed by atoms with Gasteiger partial charge in [-0.25, -0.2) is 4.79 Å². The van der Waals surface area contributed by atoms with Gasteiger partial charge in [-0.05, 0) is 13.8 Å². The van der Waals surface area contributed by atoms with E-state index in [1.54, 1.807) is 13.8 Å². The van der Waals surface area contributed by atoms with Gasteiger partial charge in [-0.1, -0.05) is 0 Å². The number of carboxylic acids is 1. The molecule has 8 heteroatoms. The predicted octanol–water partition coefficient (Wildman–Crippen LogP) is -0.271. The van der Waals surface area contributed by atoms with E-state index in [2.05, 4.69) is 15.4 Å². The minimum absolute atomic E-state index is 0.0504. The molecule has 0 rings (SSSR count). The van der Waals surface area contributed by atoms with Crippen LogP contribution < -0.4 is 10.6 Å². The van der Waals surface area contributed by atoms with E-state index in [4.69, 9.17) is 9.84 Å². The zero-order chi connectivity index (χ0) is 14.7. The van der Waals surface area contributed by atoms with Crippen molar-refractivity contribution in [2.24, 2.45) is 0 Å². The Morgan fingerprint density at radius 3 is 2.37 bits per heavy atom. The minimum Gasteiger partial charge on any atom is -0.481 e. The first-order valence-electron chi connectivity index (χ1n) is 6.00. The summed E-state index contributed by atoms with van der Waals surface area (Å²) < 4.78 is 9.78. The maximum absolute atomic E-state index is 11.3. The maximum atomic E-state index is 11.3. The van der Waals surface area contributed by atoms with Crippen molar-refractivity contribution in [2.45, 2.75) is 26.4 Å². The largest absolute Gasteiger partial charge is 0.481 e. The van der Waals surface area contributed by atoms with E-state index in [9.17, 15) is 14.4 Å². The summed E-state index contributed by atoms with van der Waals surface area (Å²) in [6, 6.07) is -0.580. The van der Waals surface area contributed by atoms with Crippen molar-refractivity contribution in [3.63, 3.8) is 0 Å². The summed E-state index contributed by atoms with van der Waals surface area (Å²) in [7, 11) is 0. The van der Waals surface area contributed by atoms with Crippen LogP contribution in [0.25, 0.3) is 0 Å². The molecule has 2 amide bonds. The standard InChI is InChI=1S/C11H20N2O6/c1-3-18-8(5-9(14)15)6-12-11(17)13-7-10(16)19-4-2/h8H,3-7H2,1-2H3,(H,14,15)(H2,12,13,17). The molecule has 0 aliphatic carbocycles. The smallest absolute Gasteiger partial charge is 0.325 e. The molecule has 0 aromatic heterocycles. The van der Waals surface area contributed by atoms with Crippen molar-refractivity contribution < 1.29 is 29.0 Å². The third kappa shape index (κ3) is 9.83. The van der Waals surface area contributed by atoms with Crippen molar-refractivity contribution in [1.82, 2.24) is 10.6 Å². The fourth-order valence-corrected chi connectivity index (χ4v) is 1.25. The Hall–Kier alpha value is -1.83. The van der Waals surface area contributed by atoms with E-state index in [1.165, 1.54) is 0 Å². The fraction of sp³-hybridized carbons (Fsp3) is 0.727. The van der Waals surface area contributed by atoms with Crippen LogP contribution in [0.4, 0.5) is 4.79 Å². The van der Waals surface area contributed by atoms with Gasteiger partial charge in [-0.15, -0.1) is 0 Å². The molecule has 0 spiro atoms. The van der Waals surface area contributed by atoms with Crippen molar-refractivity contribution in [3.8, 4) is 0 Å². The van der Waals surface area contributed by atoms with Gasteiger partial charge in [-0.3, -0.25) is 9.59 Å². The van der Waals surface area contributed by atoms with Gasteiger partial charge in [0.05, 0.1) is 19.1 Å². The Kier molecular flexibility index (Phi) is 9.15. The molecule has 8 nitrogen and oxygen atoms in total. The summed E-state index contributed by atoms with van der Waals surface area (Å²) in [5.74, 6) is -1.54. The van der Waals surface area contributed by atoms with Gasteiger partial charge in [0.25, 0.3) is 0 Å². The van der Waals surface area contributed by atoms with E-state index < -0.39 is 24.1 Å². The van der Waals surface area contributed by atoms with Crippen molar-refractivity contribution in [3.05, 3.63) is 0 Å². The van der Waals surface area contributed by atoms with Crippen LogP contribution in [0.5, 0.6) is 0 Å². The topological polar surface area (TPSA) is 114 Å². The highest BCUT2D eigenvalue weighted by Gasteiger charge is 2.14. The Labute approximate surface area is 111 Å². The molecule has 0 radical (unpaired) electrons. The first-order valence-corrected chi connectivity index (χ1v) is 6.00. The van der Waals surface area contributed by atoms with Gasteiger partial charge < -0.3 is 25.2 Å². The molecule has 0 saturated carbocycles. The lowest BCUT2D eigenvalue weighted by molar-refractivity contribution is -0.142. The highest BCUT2D eigenvalue weighted by molar-refractivity contribution is 5.80. The zero-order valence-corrected chi connectivity index (χ0v) is 11.1. The van der Waals surface area contributed by atoms with Crippen LogP contribution in [0.15, 0.2) is 0 Å². The quantitative estimate of drug-likeness (QED) is 0.499. The molecule has 0 fully saturated rings. The van der Waals surface area contributed by atoms with Gasteiger partial charge in [0.2, 0.25) is 0 Å². The van der Waals surface area contributed by atoms with Gasteiger partial charge in [-0.2, -0.15) is 0 Å². The summed E-state index contributed by atoms with van der Waals surface area (Å²) in [5.41, 5.74) is 0. The second-order valence-electron chi connectivity index (χ2n) is 3.54. The number of hydrogen-bond donors (Lipinski definition) is 3. The molecule has 1 atom stereocenters. The van der Waals surface area contributed by atoms with E-state index in [1.807, 2.05) is 0 Å². The second-order valence-corrected chi connectivity index (χ2v) is 3.54. The summed E-state index contributed by atoms with van der Waals surface area (Å²) in [6.07, 6.45) is -0.803. The van der Waals surface area contributed by atoms with E-state index in [0.717, 1.165) is 0 Å². The lowest BCUT2D eigenvalue weighted by atomic mass is 10.2. The zero-order valence-electron chi connectivity index (χ0n) is 11.1. The van der Waals surface area contributed by atoms with E-state index in [0.29, 0.717) is 6.61 Å². The summed E-state index contributed by atoms with van der Waals surface area (Å²) in [6.45, 7) is 3.80. The highest BCUT2D eigenvalue weighted by Crippen LogP contribution is 1.97. The molecular formula is C11H20N2O6. The number of hydrogen-bond acceptors (Lipinski definition) is 5. The number of carbonyl (C=O) groups is 3. The van der Waals surface area contributed by atoms with E-state index >= 15 is 0 Å². The number of nitrogens with one attached hydrogen (secondary N) is 2. The Morgan fingerprint density at radius 1 is 1.16 bits per heavy atom. The number of rotatable bonds is 9. The van der Waals surface area contributed by atoms with Gasteiger partial charge in [0, 0.05) is 13.2 Å². The Balaban J connectivity index is 3.90. The van der Waals surface area contributed by atoms with Crippen LogP contribution in [0.1, 0.15) is 20.3 Å². The molecule has 0 bridgehead atoms. The highest BCUT2D eigenvalue weighted by atomic mass is 16.5. The van der Waals surface area contributed by atoms with Crippen LogP contribution >= 0.6 is 0 Å². The second kappa shape index (κ2) is 10.1. The molecule has 0 saturated heterocycles. The number of carbonyl (C=O) groups excluding carboxylic acids is 2. The predicted molar refractivity (Wildman–Crippen MR) is 65.7 cm³/mol. The molecule has 0 aromatic carbocycles. The molecule has 0 aliphatic rings. The number of amides is 2. The SMILES string of the molecule is CCOC(=O)CNC(=O)NCC(CC(=O)O)OCC. The fourth-order valence-electron chi connectivity index (χ4n) is 1.25. The van der Waals surface area contributed by atoms with Crippen LogP contribution in [0, 0.1) is 0 Å². The molecule has 3 N–H and O–H groups in total. The van der Waals surface area contributed by atoms with Crippen molar-refractivity contribution >= 4 is 18.0 Å². The number of urea groups is 1. The third-order valence-corrected chi connectivity index (χ3v) is 1.99. The molecule has 1 unspecified atom stereocenters. The average molecular weight is 276 g/mol. The van der Waals surface area contributed by atoms with Crippen LogP contribution in [-0.2, 0) is 19.1 Å². The van der Waals surface area contributed by atoms with Crippen LogP contribution in [-0.4, -0.2) is 55.5 Å². The Morgan fingerprint density at radius 2 is 1.84 bits per heavy atom. The molecule has 0 aromatic rings. The number of ether oxygens (including phenoxy) is 2. The summed E-state index contributed by atoms with van der Waals surface area (Å²) in [5, 5.41) is 13.4. The van der Waals surface area contributed by atoms with Crippen LogP contribution in [0.3, 0.4) is 0 Å². The maximum Gasteiger partial charge on any atom is 0.325 e. The first kappa shape index (κ1) is 17.2. The van der Waals surface area contributed by atoms with Gasteiger partial charge in [0.15, 0.2) is 0 Å². The number of esters is 1. The minimum atomic E-state index is -1.01. The average Bonchev–Trinajstić information content (AvgIpc) is 2.33. The molecule has 0 heterocycles. The summed E-state index contributed by atoms with van der Waals surface area (Å²) >= 11 is 0. The lowest BCUT2D eigenvalue weighted by Crippen LogP contribution is -2.43. The molecule has 19 heavy (non-hydrogen) atoms. The number of carboxylic acid groups (broad SMARTS) is 1. The normalized spacial score (nSPS) is 11.5. The first-order chi connectivity index (χ1) is 8.99. The van der Waals surface area contributed by atoms with Gasteiger partial charge in [0.1, 0.15) is 6.54 Å². The molecular weight excluding hydrogens is 256 g/mol. The summed E-state index contributed by atoms with van der Waals surface area (Å²) in [4.78, 5) is 32.8. The molecule has 110 valence electrons. The monoisotopic (exact) mass is 276 g/mol. The van der Waals surface area contributed by atoms with E-state index in [-0.39, 0.29) is 26.1 Å². The Bertz CT molecular complexity index is 308. The lowest BCUT2D eigenvalue weighted by Gasteiger charge is -2.15. The van der Waals surface area contributed by atoms with Gasteiger partial charge >= 0.3 is 18.0 Å². The van der Waals surface area contributed by atoms with Crippen molar-refractivity contribution in [2.75, 3.05) is 26.3 Å². The number of aliphatic carboxylic acids is 1. The van der Waals surface area contributed by atoms with Crippen molar-refractivity contribution in [1.29, 1.82) is 0 Å². The third-order valence-electron chi connectivity index (χ3n) is 1.99.